The lowest BCUT2D eigenvalue weighted by Crippen LogP contribution is -2.42. The van der Waals surface area contributed by atoms with Gasteiger partial charge in [0.1, 0.15) is 12.6 Å². The van der Waals surface area contributed by atoms with Gasteiger partial charge in [0.2, 0.25) is 0 Å². The summed E-state index contributed by atoms with van der Waals surface area (Å²) in [6.45, 7) is 3.94. The van der Waals surface area contributed by atoms with Crippen LogP contribution in [0.3, 0.4) is 0 Å². The van der Waals surface area contributed by atoms with E-state index in [2.05, 4.69) is 10.8 Å². The highest BCUT2D eigenvalue weighted by molar-refractivity contribution is 8.18. The van der Waals surface area contributed by atoms with Crippen LogP contribution in [0, 0.1) is 0 Å². The molecule has 0 saturated carbocycles. The topological polar surface area (TPSA) is 82.1 Å². The molecule has 0 radical (unpaired) electrons. The molecule has 1 aliphatic heterocycles. The van der Waals surface area contributed by atoms with Crippen LogP contribution in [-0.2, 0) is 20.9 Å². The molecule has 3 aromatic carbocycles. The Hall–Kier alpha value is -3.49. The zero-order valence-electron chi connectivity index (χ0n) is 19.9. The lowest BCUT2D eigenvalue weighted by molar-refractivity contribution is -0.148. The summed E-state index contributed by atoms with van der Waals surface area (Å²) in [5.74, 6) is -0.447. The number of carbonyl (C=O) groups is 3. The monoisotopic (exact) mass is 525 g/mol. The van der Waals surface area contributed by atoms with Crippen molar-refractivity contribution in [1.29, 1.82) is 0 Å². The van der Waals surface area contributed by atoms with Gasteiger partial charge in [-0.25, -0.2) is 4.79 Å². The van der Waals surface area contributed by atoms with E-state index < -0.39 is 23.2 Å². The SMILES string of the molecule is CCOc1cc(/C=C2/SC(=O)N([C@@H](C)C(=O)OC)C2=O)cc(Cl)c1OCc1ccc2ccccc2c1. The summed E-state index contributed by atoms with van der Waals surface area (Å²) in [5, 5.41) is 2.01. The number of carbonyl (C=O) groups excluding carboxylic acids is 3. The summed E-state index contributed by atoms with van der Waals surface area (Å²) >= 11 is 7.30. The lowest BCUT2D eigenvalue weighted by Gasteiger charge is -2.18. The molecule has 0 bridgehead atoms. The number of amides is 2. The zero-order chi connectivity index (χ0) is 25.8. The van der Waals surface area contributed by atoms with Crippen molar-refractivity contribution >= 4 is 57.3 Å². The number of halogens is 1. The third-order valence-corrected chi connectivity index (χ3v) is 6.74. The van der Waals surface area contributed by atoms with Gasteiger partial charge >= 0.3 is 5.97 Å². The van der Waals surface area contributed by atoms with E-state index >= 15 is 0 Å². The highest BCUT2D eigenvalue weighted by Crippen LogP contribution is 2.40. The van der Waals surface area contributed by atoms with Crippen molar-refractivity contribution in [3.8, 4) is 11.5 Å². The average Bonchev–Trinajstić information content (AvgIpc) is 3.14. The van der Waals surface area contributed by atoms with E-state index in [1.54, 1.807) is 12.1 Å². The first-order chi connectivity index (χ1) is 17.3. The van der Waals surface area contributed by atoms with E-state index in [0.717, 1.165) is 33.0 Å². The van der Waals surface area contributed by atoms with Gasteiger partial charge in [0.15, 0.2) is 11.5 Å². The number of thioether (sulfide) groups is 1. The van der Waals surface area contributed by atoms with Gasteiger partial charge in [-0.1, -0.05) is 48.0 Å². The number of esters is 1. The van der Waals surface area contributed by atoms with E-state index in [0.29, 0.717) is 28.7 Å². The molecule has 1 heterocycles. The molecule has 7 nitrogen and oxygen atoms in total. The van der Waals surface area contributed by atoms with Crippen LogP contribution in [0.15, 0.2) is 59.5 Å². The van der Waals surface area contributed by atoms with Gasteiger partial charge in [-0.3, -0.25) is 14.5 Å². The number of hydrogen-bond acceptors (Lipinski definition) is 7. The van der Waals surface area contributed by atoms with Crippen LogP contribution < -0.4 is 9.47 Å². The minimum absolute atomic E-state index is 0.166. The Balaban J connectivity index is 1.58. The van der Waals surface area contributed by atoms with Gasteiger partial charge in [0.05, 0.1) is 23.6 Å². The molecule has 1 aliphatic rings. The normalized spacial score (nSPS) is 15.4. The van der Waals surface area contributed by atoms with Crippen molar-refractivity contribution < 1.29 is 28.6 Å². The quantitative estimate of drug-likeness (QED) is 0.261. The summed E-state index contributed by atoms with van der Waals surface area (Å²) in [6.07, 6.45) is 1.54. The summed E-state index contributed by atoms with van der Waals surface area (Å²) in [6, 6.07) is 16.5. The molecule has 1 fully saturated rings. The fourth-order valence-electron chi connectivity index (χ4n) is 3.80. The van der Waals surface area contributed by atoms with Crippen LogP contribution >= 0.6 is 23.4 Å². The smallest absolute Gasteiger partial charge is 0.328 e. The van der Waals surface area contributed by atoms with Gasteiger partial charge < -0.3 is 14.2 Å². The summed E-state index contributed by atoms with van der Waals surface area (Å²) < 4.78 is 16.5. The second-order valence-electron chi connectivity index (χ2n) is 7.98. The Morgan fingerprint density at radius 2 is 1.83 bits per heavy atom. The van der Waals surface area contributed by atoms with Crippen molar-refractivity contribution in [3.63, 3.8) is 0 Å². The standard InChI is InChI=1S/C27H24ClNO6S/c1-4-34-22-13-18(14-23-25(30)29(27(32)36-23)16(2)26(31)33-3)12-21(28)24(22)35-15-17-9-10-19-7-5-6-8-20(19)11-17/h5-14,16H,4,15H2,1-3H3/b23-14+/t16-/m0/s1. The Kier molecular flexibility index (Phi) is 7.86. The number of nitrogens with zero attached hydrogens (tertiary/aromatic N) is 1. The third-order valence-electron chi connectivity index (χ3n) is 5.58. The van der Waals surface area contributed by atoms with Crippen molar-refractivity contribution in [1.82, 2.24) is 4.90 Å². The van der Waals surface area contributed by atoms with Crippen LogP contribution in [0.5, 0.6) is 11.5 Å². The van der Waals surface area contributed by atoms with E-state index in [4.69, 9.17) is 21.1 Å². The maximum atomic E-state index is 12.8. The second kappa shape index (κ2) is 11.1. The molecule has 0 aliphatic carbocycles. The highest BCUT2D eigenvalue weighted by Gasteiger charge is 2.41. The molecule has 4 rings (SSSR count). The van der Waals surface area contributed by atoms with Crippen molar-refractivity contribution in [2.75, 3.05) is 13.7 Å². The minimum atomic E-state index is -1.03. The number of hydrogen-bond donors (Lipinski definition) is 0. The van der Waals surface area contributed by atoms with Crippen LogP contribution in [0.25, 0.3) is 16.8 Å². The molecule has 0 spiro atoms. The summed E-state index contributed by atoms with van der Waals surface area (Å²) in [7, 11) is 1.20. The Bertz CT molecular complexity index is 1370. The Morgan fingerprint density at radius 1 is 1.08 bits per heavy atom. The molecule has 186 valence electrons. The molecule has 3 aromatic rings. The van der Waals surface area contributed by atoms with Gasteiger partial charge in [-0.05, 0) is 71.8 Å². The van der Waals surface area contributed by atoms with Gasteiger partial charge in [0.25, 0.3) is 11.1 Å². The van der Waals surface area contributed by atoms with E-state index in [1.165, 1.54) is 20.1 Å². The molecule has 2 amide bonds. The molecular weight excluding hydrogens is 502 g/mol. The number of methoxy groups -OCH3 is 1. The Morgan fingerprint density at radius 3 is 2.56 bits per heavy atom. The molecule has 0 N–H and O–H groups in total. The van der Waals surface area contributed by atoms with Crippen LogP contribution in [0.2, 0.25) is 5.02 Å². The van der Waals surface area contributed by atoms with Gasteiger partial charge in [-0.15, -0.1) is 0 Å². The van der Waals surface area contributed by atoms with Gasteiger partial charge in [0, 0.05) is 0 Å². The van der Waals surface area contributed by atoms with E-state index in [-0.39, 0.29) is 11.5 Å². The largest absolute Gasteiger partial charge is 0.490 e. The first-order valence-corrected chi connectivity index (χ1v) is 12.4. The number of benzene rings is 3. The number of ether oxygens (including phenoxy) is 3. The molecule has 9 heteroatoms. The molecule has 1 atom stereocenters. The minimum Gasteiger partial charge on any atom is -0.490 e. The summed E-state index contributed by atoms with van der Waals surface area (Å²) in [4.78, 5) is 38.1. The van der Waals surface area contributed by atoms with Crippen molar-refractivity contribution in [2.45, 2.75) is 26.5 Å². The van der Waals surface area contributed by atoms with E-state index in [1.807, 2.05) is 43.3 Å². The zero-order valence-corrected chi connectivity index (χ0v) is 21.5. The molecule has 36 heavy (non-hydrogen) atoms. The second-order valence-corrected chi connectivity index (χ2v) is 9.38. The average molecular weight is 526 g/mol. The van der Waals surface area contributed by atoms with Crippen LogP contribution in [0.1, 0.15) is 25.0 Å². The predicted molar refractivity (Wildman–Crippen MR) is 140 cm³/mol. The van der Waals surface area contributed by atoms with Crippen LogP contribution in [0.4, 0.5) is 4.79 Å². The van der Waals surface area contributed by atoms with Crippen LogP contribution in [-0.4, -0.2) is 41.8 Å². The van der Waals surface area contributed by atoms with Crippen molar-refractivity contribution in [2.24, 2.45) is 0 Å². The van der Waals surface area contributed by atoms with Crippen molar-refractivity contribution in [3.05, 3.63) is 75.7 Å². The highest BCUT2D eigenvalue weighted by atomic mass is 35.5. The molecular formula is C27H24ClNO6S. The first kappa shape index (κ1) is 25.6. The fraction of sp³-hybridized carbons (Fsp3) is 0.222. The summed E-state index contributed by atoms with van der Waals surface area (Å²) in [5.41, 5.74) is 1.53. The Labute approximate surface area is 218 Å². The maximum absolute atomic E-state index is 12.8. The fourth-order valence-corrected chi connectivity index (χ4v) is 4.98. The molecule has 1 saturated heterocycles. The predicted octanol–water partition coefficient (Wildman–Crippen LogP) is 6.07. The molecule has 0 unspecified atom stereocenters. The third kappa shape index (κ3) is 5.34. The van der Waals surface area contributed by atoms with E-state index in [9.17, 15) is 14.4 Å². The number of imide groups is 1. The number of fused-ring (bicyclic) bond motifs is 1. The maximum Gasteiger partial charge on any atom is 0.328 e. The van der Waals surface area contributed by atoms with Gasteiger partial charge in [-0.2, -0.15) is 0 Å². The molecule has 0 aromatic heterocycles. The number of rotatable bonds is 8. The first-order valence-electron chi connectivity index (χ1n) is 11.2. The lowest BCUT2D eigenvalue weighted by atomic mass is 10.1.